The van der Waals surface area contributed by atoms with Crippen LogP contribution in [0.3, 0.4) is 0 Å². The Morgan fingerprint density at radius 1 is 1.17 bits per heavy atom. The first-order chi connectivity index (χ1) is 14.5. The minimum absolute atomic E-state index is 0.0963. The molecule has 0 aliphatic carbocycles. The third kappa shape index (κ3) is 5.23. The van der Waals surface area contributed by atoms with Crippen LogP contribution in [0.25, 0.3) is 0 Å². The molecule has 0 aliphatic heterocycles. The van der Waals surface area contributed by atoms with E-state index in [4.69, 9.17) is 19.5 Å². The van der Waals surface area contributed by atoms with Crippen molar-refractivity contribution in [1.82, 2.24) is 14.7 Å². The van der Waals surface area contributed by atoms with Crippen molar-refractivity contribution in [2.45, 2.75) is 19.9 Å². The molecule has 3 rings (SSSR count). The molecule has 3 aromatic rings. The molecular formula is C21H21F2N3O4. The lowest BCUT2D eigenvalue weighted by atomic mass is 10.2. The highest BCUT2D eigenvalue weighted by Crippen LogP contribution is 2.23. The Bertz CT molecular complexity index is 1020. The molecule has 2 N–H and O–H groups in total. The van der Waals surface area contributed by atoms with Gasteiger partial charge in [0.05, 0.1) is 26.4 Å². The minimum atomic E-state index is -0.931. The fourth-order valence-corrected chi connectivity index (χ4v) is 2.69. The first-order valence-electron chi connectivity index (χ1n) is 9.35. The van der Waals surface area contributed by atoms with Gasteiger partial charge in [-0.3, -0.25) is 0 Å². The summed E-state index contributed by atoms with van der Waals surface area (Å²) in [7, 11) is 0. The molecule has 0 unspecified atom stereocenters. The topological polar surface area (TPSA) is 93.5 Å². The van der Waals surface area contributed by atoms with Crippen LogP contribution in [0.4, 0.5) is 8.78 Å². The second-order valence-electron chi connectivity index (χ2n) is 6.57. The zero-order valence-electron chi connectivity index (χ0n) is 16.3. The molecule has 2 heterocycles. The number of nitrogens with zero attached hydrogens (tertiary/aromatic N) is 3. The van der Waals surface area contributed by atoms with E-state index >= 15 is 0 Å². The number of aliphatic hydroxyl groups is 2. The first-order valence-corrected chi connectivity index (χ1v) is 9.35. The number of halogens is 2. The molecule has 0 saturated carbocycles. The molecule has 9 heteroatoms. The van der Waals surface area contributed by atoms with Gasteiger partial charge in [-0.05, 0) is 18.1 Å². The van der Waals surface area contributed by atoms with Crippen LogP contribution in [0.15, 0.2) is 35.1 Å². The number of hydrogen-bond acceptors (Lipinski definition) is 6. The van der Waals surface area contributed by atoms with Gasteiger partial charge in [-0.2, -0.15) is 0 Å². The number of ether oxygens (including phenoxy) is 1. The fourth-order valence-electron chi connectivity index (χ4n) is 2.69. The van der Waals surface area contributed by atoms with Gasteiger partial charge in [0.2, 0.25) is 5.76 Å². The number of aryl methyl sites for hydroxylation is 1. The third-order valence-corrected chi connectivity index (χ3v) is 4.32. The van der Waals surface area contributed by atoms with E-state index in [-0.39, 0.29) is 31.1 Å². The van der Waals surface area contributed by atoms with Gasteiger partial charge in [0, 0.05) is 36.4 Å². The molecule has 0 radical (unpaired) electrons. The minimum Gasteiger partial charge on any atom is -0.487 e. The highest BCUT2D eigenvalue weighted by molar-refractivity contribution is 5.43. The number of hydrogen-bond donors (Lipinski definition) is 2. The van der Waals surface area contributed by atoms with Crippen LogP contribution in [0.5, 0.6) is 5.75 Å². The Hall–Kier alpha value is -3.22. The monoisotopic (exact) mass is 417 g/mol. The average Bonchev–Trinajstić information content (AvgIpc) is 3.38. The number of imidazole rings is 1. The number of benzene rings is 1. The van der Waals surface area contributed by atoms with Crippen LogP contribution in [0.2, 0.25) is 0 Å². The zero-order chi connectivity index (χ0) is 21.5. The maximum atomic E-state index is 14.2. The Morgan fingerprint density at radius 3 is 2.57 bits per heavy atom. The summed E-state index contributed by atoms with van der Waals surface area (Å²) in [5.74, 6) is 3.43. The number of aromatic nitrogens is 3. The standard InChI is InChI=1S/C21H21F2N3O4/c1-2-20-24-5-6-26(20)10-16-9-17(30-25-16)4-3-14-7-18(22)21(19(23)8-14)29-13-15(11-27)12-28/h5-9,15,27-28H,2,10-13H2,1H3. The molecule has 0 bridgehead atoms. The lowest BCUT2D eigenvalue weighted by Gasteiger charge is -2.13. The smallest absolute Gasteiger partial charge is 0.210 e. The molecule has 0 saturated heterocycles. The highest BCUT2D eigenvalue weighted by atomic mass is 19.1. The van der Waals surface area contributed by atoms with Crippen molar-refractivity contribution in [2.24, 2.45) is 5.92 Å². The molecular weight excluding hydrogens is 396 g/mol. The van der Waals surface area contributed by atoms with Gasteiger partial charge in [-0.15, -0.1) is 0 Å². The predicted octanol–water partition coefficient (Wildman–Crippen LogP) is 2.14. The fraction of sp³-hybridized carbons (Fsp3) is 0.333. The van der Waals surface area contributed by atoms with Crippen LogP contribution in [-0.2, 0) is 13.0 Å². The third-order valence-electron chi connectivity index (χ3n) is 4.32. The van der Waals surface area contributed by atoms with E-state index in [1.54, 1.807) is 12.3 Å². The van der Waals surface area contributed by atoms with Crippen LogP contribution >= 0.6 is 0 Å². The summed E-state index contributed by atoms with van der Waals surface area (Å²) in [5, 5.41) is 22.0. The van der Waals surface area contributed by atoms with Crippen LogP contribution in [0.1, 0.15) is 29.8 Å². The molecule has 2 aromatic heterocycles. The van der Waals surface area contributed by atoms with E-state index in [1.807, 2.05) is 17.7 Å². The van der Waals surface area contributed by atoms with E-state index in [0.29, 0.717) is 12.2 Å². The largest absolute Gasteiger partial charge is 0.487 e. The molecule has 1 aromatic carbocycles. The maximum Gasteiger partial charge on any atom is 0.210 e. The summed E-state index contributed by atoms with van der Waals surface area (Å²) in [6, 6.07) is 3.73. The van der Waals surface area contributed by atoms with Crippen molar-refractivity contribution in [1.29, 1.82) is 0 Å². The summed E-state index contributed by atoms with van der Waals surface area (Å²) < 4.78 is 40.5. The Labute approximate surface area is 171 Å². The summed E-state index contributed by atoms with van der Waals surface area (Å²) in [4.78, 5) is 4.24. The Kier molecular flexibility index (Phi) is 7.17. The first kappa shape index (κ1) is 21.5. The van der Waals surface area contributed by atoms with Crippen molar-refractivity contribution < 1.29 is 28.3 Å². The van der Waals surface area contributed by atoms with Crippen molar-refractivity contribution in [3.05, 3.63) is 65.1 Å². The van der Waals surface area contributed by atoms with Crippen molar-refractivity contribution in [2.75, 3.05) is 19.8 Å². The summed E-state index contributed by atoms with van der Waals surface area (Å²) in [5.41, 5.74) is 0.745. The zero-order valence-corrected chi connectivity index (χ0v) is 16.3. The molecule has 0 aliphatic rings. The predicted molar refractivity (Wildman–Crippen MR) is 103 cm³/mol. The van der Waals surface area contributed by atoms with Gasteiger partial charge in [-0.1, -0.05) is 18.0 Å². The van der Waals surface area contributed by atoms with Gasteiger partial charge in [0.1, 0.15) is 11.5 Å². The summed E-state index contributed by atoms with van der Waals surface area (Å²) in [6.45, 7) is 1.55. The van der Waals surface area contributed by atoms with E-state index in [2.05, 4.69) is 22.0 Å². The van der Waals surface area contributed by atoms with E-state index < -0.39 is 23.3 Å². The molecule has 0 atom stereocenters. The van der Waals surface area contributed by atoms with Gasteiger partial charge in [-0.25, -0.2) is 13.8 Å². The number of aliphatic hydroxyl groups excluding tert-OH is 2. The van der Waals surface area contributed by atoms with Crippen molar-refractivity contribution in [3.8, 4) is 17.6 Å². The van der Waals surface area contributed by atoms with Crippen LogP contribution < -0.4 is 4.74 Å². The lowest BCUT2D eigenvalue weighted by molar-refractivity contribution is 0.102. The Balaban J connectivity index is 1.70. The molecule has 0 amide bonds. The molecule has 158 valence electrons. The molecule has 30 heavy (non-hydrogen) atoms. The average molecular weight is 417 g/mol. The molecule has 7 nitrogen and oxygen atoms in total. The summed E-state index contributed by atoms with van der Waals surface area (Å²) in [6.07, 6.45) is 4.34. The normalized spacial score (nSPS) is 10.9. The Morgan fingerprint density at radius 2 is 1.90 bits per heavy atom. The maximum absolute atomic E-state index is 14.2. The van der Waals surface area contributed by atoms with Gasteiger partial charge >= 0.3 is 0 Å². The molecule has 0 fully saturated rings. The highest BCUT2D eigenvalue weighted by Gasteiger charge is 2.15. The number of rotatable bonds is 8. The second-order valence-corrected chi connectivity index (χ2v) is 6.57. The quantitative estimate of drug-likeness (QED) is 0.546. The van der Waals surface area contributed by atoms with Crippen molar-refractivity contribution >= 4 is 0 Å². The van der Waals surface area contributed by atoms with Gasteiger partial charge in [0.25, 0.3) is 0 Å². The van der Waals surface area contributed by atoms with Crippen molar-refractivity contribution in [3.63, 3.8) is 0 Å². The SMILES string of the molecule is CCc1nccn1Cc1cc(C#Cc2cc(F)c(OCC(CO)CO)c(F)c2)on1. The van der Waals surface area contributed by atoms with E-state index in [0.717, 1.165) is 24.4 Å². The summed E-state index contributed by atoms with van der Waals surface area (Å²) >= 11 is 0. The lowest BCUT2D eigenvalue weighted by Crippen LogP contribution is -2.20. The van der Waals surface area contributed by atoms with Gasteiger partial charge in [0.15, 0.2) is 17.4 Å². The molecule has 0 spiro atoms. The van der Waals surface area contributed by atoms with E-state index in [9.17, 15) is 8.78 Å². The van der Waals surface area contributed by atoms with Crippen LogP contribution in [0, 0.1) is 29.4 Å². The van der Waals surface area contributed by atoms with E-state index in [1.165, 1.54) is 0 Å². The second kappa shape index (κ2) is 10.0. The van der Waals surface area contributed by atoms with Crippen LogP contribution in [-0.4, -0.2) is 44.7 Å². The van der Waals surface area contributed by atoms with Gasteiger partial charge < -0.3 is 24.0 Å².